The van der Waals surface area contributed by atoms with Crippen molar-refractivity contribution in [3.8, 4) is 0 Å². The summed E-state index contributed by atoms with van der Waals surface area (Å²) in [6, 6.07) is 0. The molecule has 4 aliphatic carbocycles. The molecular weight excluding hydrogens is 405 g/mol. The van der Waals surface area contributed by atoms with Crippen molar-refractivity contribution in [1.82, 2.24) is 5.32 Å². The number of aliphatic hydroxyl groups is 2. The summed E-state index contributed by atoms with van der Waals surface area (Å²) in [6.45, 7) is 10.1. The molecule has 0 spiro atoms. The molecule has 4 saturated carbocycles. The minimum absolute atomic E-state index is 0. The van der Waals surface area contributed by atoms with Gasteiger partial charge in [-0.05, 0) is 111 Å². The Kier molecular flexibility index (Phi) is 7.87. The van der Waals surface area contributed by atoms with Gasteiger partial charge in [0.1, 0.15) is 0 Å². The molecule has 0 bridgehead atoms. The van der Waals surface area contributed by atoms with E-state index < -0.39 is 0 Å². The average molecular weight is 454 g/mol. The molecule has 0 aromatic heterocycles. The summed E-state index contributed by atoms with van der Waals surface area (Å²) in [5, 5.41) is 24.5. The zero-order valence-corrected chi connectivity index (χ0v) is 21.8. The van der Waals surface area contributed by atoms with Gasteiger partial charge in [-0.15, -0.1) is 0 Å². The molecule has 5 unspecified atom stereocenters. The lowest BCUT2D eigenvalue weighted by Gasteiger charge is -2.62. The predicted molar refractivity (Wildman–Crippen MR) is 131 cm³/mol. The lowest BCUT2D eigenvalue weighted by Crippen LogP contribution is -2.58. The van der Waals surface area contributed by atoms with Gasteiger partial charge in [0, 0.05) is 13.0 Å². The van der Waals surface area contributed by atoms with Crippen LogP contribution in [0.15, 0.2) is 0 Å². The number of nitrogens with one attached hydrogen (secondary N) is 1. The Hall–Kier alpha value is -0.180. The molecule has 1 amide bonds. The molecule has 180 valence electrons. The van der Waals surface area contributed by atoms with Crippen LogP contribution in [0.4, 0.5) is 0 Å². The minimum atomic E-state index is -0.201. The Morgan fingerprint density at radius 2 is 1.71 bits per heavy atom. The van der Waals surface area contributed by atoms with Gasteiger partial charge < -0.3 is 15.5 Å². The summed E-state index contributed by atoms with van der Waals surface area (Å²) in [5.74, 6) is 3.57. The van der Waals surface area contributed by atoms with E-state index in [2.05, 4.69) is 26.1 Å². The van der Waals surface area contributed by atoms with Crippen molar-refractivity contribution < 1.29 is 15.0 Å². The lowest BCUT2D eigenvalue weighted by atomic mass is 9.43. The molecule has 0 aromatic carbocycles. The van der Waals surface area contributed by atoms with E-state index in [-0.39, 0.29) is 28.0 Å². The molecular formula is C26H48NO3P. The van der Waals surface area contributed by atoms with Crippen molar-refractivity contribution in [2.24, 2.45) is 46.3 Å². The van der Waals surface area contributed by atoms with E-state index in [0.717, 1.165) is 32.1 Å². The summed E-state index contributed by atoms with van der Waals surface area (Å²) in [4.78, 5) is 12.0. The molecule has 0 aromatic rings. The van der Waals surface area contributed by atoms with Crippen LogP contribution < -0.4 is 5.32 Å². The second-order valence-electron chi connectivity index (χ2n) is 11.9. The Morgan fingerprint density at radius 3 is 2.42 bits per heavy atom. The number of hydrogen-bond acceptors (Lipinski definition) is 3. The summed E-state index contributed by atoms with van der Waals surface area (Å²) in [5.41, 5.74) is 0.604. The maximum atomic E-state index is 12.0. The first-order chi connectivity index (χ1) is 14.2. The molecule has 11 atom stereocenters. The molecule has 0 saturated heterocycles. The molecule has 4 fully saturated rings. The van der Waals surface area contributed by atoms with E-state index >= 15 is 0 Å². The highest BCUT2D eigenvalue weighted by molar-refractivity contribution is 6.92. The van der Waals surface area contributed by atoms with Crippen molar-refractivity contribution >= 4 is 15.8 Å². The van der Waals surface area contributed by atoms with E-state index in [0.29, 0.717) is 59.3 Å². The maximum absolute atomic E-state index is 12.0. The number of hydrogen-bond donors (Lipinski definition) is 3. The van der Waals surface area contributed by atoms with Crippen LogP contribution in [0.5, 0.6) is 0 Å². The van der Waals surface area contributed by atoms with Crippen LogP contribution in [0.2, 0.25) is 0 Å². The second-order valence-corrected chi connectivity index (χ2v) is 11.9. The summed E-state index contributed by atoms with van der Waals surface area (Å²) >= 11 is 0. The van der Waals surface area contributed by atoms with Crippen molar-refractivity contribution in [1.29, 1.82) is 0 Å². The number of carbonyl (C=O) groups excluding carboxylic acids is 1. The Bertz CT molecular complexity index is 644. The fourth-order valence-corrected chi connectivity index (χ4v) is 9.02. The first-order valence-corrected chi connectivity index (χ1v) is 12.8. The van der Waals surface area contributed by atoms with Gasteiger partial charge in [0.15, 0.2) is 0 Å². The molecule has 5 heteroatoms. The Labute approximate surface area is 193 Å². The fourth-order valence-electron chi connectivity index (χ4n) is 9.02. The fraction of sp³-hybridized carbons (Fsp3) is 0.962. The van der Waals surface area contributed by atoms with E-state index in [4.69, 9.17) is 0 Å². The van der Waals surface area contributed by atoms with Crippen LogP contribution in [0, 0.1) is 46.3 Å². The molecule has 0 radical (unpaired) electrons. The molecule has 31 heavy (non-hydrogen) atoms. The van der Waals surface area contributed by atoms with Crippen LogP contribution in [0.1, 0.15) is 91.9 Å². The zero-order valence-electron chi connectivity index (χ0n) is 20.4. The molecule has 4 aliphatic rings. The second kappa shape index (κ2) is 9.59. The quantitative estimate of drug-likeness (QED) is 0.534. The van der Waals surface area contributed by atoms with E-state index in [1.165, 1.54) is 25.7 Å². The van der Waals surface area contributed by atoms with Crippen molar-refractivity contribution in [3.05, 3.63) is 0 Å². The number of carbonyl (C=O) groups is 1. The molecule has 4 rings (SSSR count). The smallest absolute Gasteiger partial charge is 0.219 e. The number of aliphatic hydroxyl groups excluding tert-OH is 2. The number of rotatable bonds is 5. The van der Waals surface area contributed by atoms with Crippen molar-refractivity contribution in [3.63, 3.8) is 0 Å². The van der Waals surface area contributed by atoms with Gasteiger partial charge in [0.25, 0.3) is 0 Å². The maximum Gasteiger partial charge on any atom is 0.219 e. The first-order valence-electron chi connectivity index (χ1n) is 12.8. The summed E-state index contributed by atoms with van der Waals surface area (Å²) in [7, 11) is 0. The lowest BCUT2D eigenvalue weighted by molar-refractivity contribution is -0.174. The van der Waals surface area contributed by atoms with E-state index in [1.54, 1.807) is 0 Å². The highest BCUT2D eigenvalue weighted by atomic mass is 31.0. The molecule has 3 N–H and O–H groups in total. The van der Waals surface area contributed by atoms with Gasteiger partial charge in [-0.2, -0.15) is 9.90 Å². The van der Waals surface area contributed by atoms with Gasteiger partial charge in [-0.1, -0.05) is 20.8 Å². The Morgan fingerprint density at radius 1 is 1.03 bits per heavy atom. The highest BCUT2D eigenvalue weighted by Gasteiger charge is 2.62. The van der Waals surface area contributed by atoms with Gasteiger partial charge in [0.05, 0.1) is 12.2 Å². The third-order valence-corrected chi connectivity index (χ3v) is 10.6. The minimum Gasteiger partial charge on any atom is -0.393 e. The summed E-state index contributed by atoms with van der Waals surface area (Å²) < 4.78 is 0. The van der Waals surface area contributed by atoms with Crippen molar-refractivity contribution in [2.75, 3.05) is 6.54 Å². The average Bonchev–Trinajstić information content (AvgIpc) is 3.05. The highest BCUT2D eigenvalue weighted by Crippen LogP contribution is 2.68. The van der Waals surface area contributed by atoms with Gasteiger partial charge in [-0.25, -0.2) is 0 Å². The van der Waals surface area contributed by atoms with Crippen LogP contribution >= 0.6 is 9.90 Å². The summed E-state index contributed by atoms with van der Waals surface area (Å²) in [6.07, 6.45) is 10.1. The van der Waals surface area contributed by atoms with Gasteiger partial charge in [0.2, 0.25) is 5.91 Å². The van der Waals surface area contributed by atoms with E-state index in [1.807, 2.05) is 6.92 Å². The third kappa shape index (κ3) is 4.35. The van der Waals surface area contributed by atoms with Crippen LogP contribution in [-0.2, 0) is 4.79 Å². The van der Waals surface area contributed by atoms with Gasteiger partial charge >= 0.3 is 0 Å². The Balaban J connectivity index is 0.00000272. The third-order valence-electron chi connectivity index (χ3n) is 10.6. The zero-order chi connectivity index (χ0) is 21.7. The number of amides is 1. The SMILES string of the molecule is CCNC(=O)CC[C@H](C)C1CCC2C3C(CC[C@@]21C)[C@@]1(C)CC[C@@H](O)C[C@H]1C[C@H]3O.P. The van der Waals surface area contributed by atoms with Crippen LogP contribution in [0.25, 0.3) is 0 Å². The molecule has 0 aliphatic heterocycles. The van der Waals surface area contributed by atoms with E-state index in [9.17, 15) is 15.0 Å². The number of fused-ring (bicyclic) bond motifs is 5. The normalized spacial score (nSPS) is 47.4. The molecule has 0 heterocycles. The first kappa shape index (κ1) is 25.4. The monoisotopic (exact) mass is 453 g/mol. The largest absolute Gasteiger partial charge is 0.393 e. The van der Waals surface area contributed by atoms with Crippen molar-refractivity contribution in [2.45, 2.75) is 104 Å². The predicted octanol–water partition coefficient (Wildman–Crippen LogP) is 4.59. The molecule has 4 nitrogen and oxygen atoms in total. The van der Waals surface area contributed by atoms with Crippen LogP contribution in [-0.4, -0.2) is 34.9 Å². The standard InChI is InChI=1S/C26H45NO3.H3P/c1-5-27-23(30)9-6-16(2)19-7-8-20-24-21(11-13-26(19,20)4)25(3)12-10-18(28)14-17(25)15-22(24)29;/h16-22,24,28-29H,5-15H2,1-4H3,(H,27,30);1H3/t16-,17-,18+,19?,20?,21?,22+,24?,25-,26+;/m0./s1. The van der Waals surface area contributed by atoms with Crippen LogP contribution in [0.3, 0.4) is 0 Å². The topological polar surface area (TPSA) is 69.6 Å². The van der Waals surface area contributed by atoms with Gasteiger partial charge in [-0.3, -0.25) is 4.79 Å².